The van der Waals surface area contributed by atoms with Gasteiger partial charge >= 0.3 is 17.9 Å². The number of benzene rings is 2. The lowest BCUT2D eigenvalue weighted by Gasteiger charge is -2.63. The van der Waals surface area contributed by atoms with E-state index in [2.05, 4.69) is 20.8 Å². The van der Waals surface area contributed by atoms with Crippen LogP contribution in [0.1, 0.15) is 103 Å². The first-order chi connectivity index (χ1) is 25.9. The van der Waals surface area contributed by atoms with Crippen molar-refractivity contribution in [1.29, 1.82) is 0 Å². The minimum Gasteiger partial charge on any atom is -0.469 e. The maximum atomic E-state index is 15.1. The standard InChI is InChI=1S/C45H60O9/c1-28(15-20-39(48)52-4)34-18-19-35-41-37(25-38(47)45(34,35)3)44(2)22-21-32(46)24-36(44)33(42(41)50)17-16-31(43(51)54-27-30-13-9-6-10-14-30)23-40(49)53-26-29-11-7-5-8-12-29/h5-14,28,31-38,41,46-47H,15-27H2,1-4H3/t28-,31?,32-,33-,34-,35?,36+,37?,38+,41?,44+,45-/m1/s1. The van der Waals surface area contributed by atoms with E-state index in [4.69, 9.17) is 14.2 Å². The van der Waals surface area contributed by atoms with Gasteiger partial charge in [0.25, 0.3) is 0 Å². The van der Waals surface area contributed by atoms with Crippen LogP contribution in [0, 0.1) is 58.2 Å². The van der Waals surface area contributed by atoms with E-state index in [1.807, 2.05) is 60.7 Å². The highest BCUT2D eigenvalue weighted by Crippen LogP contribution is 2.69. The molecule has 0 aromatic heterocycles. The first kappa shape index (κ1) is 40.1. The first-order valence-corrected chi connectivity index (χ1v) is 20.2. The number of fused-ring (bicyclic) bond motifs is 5. The van der Waals surface area contributed by atoms with Crippen LogP contribution in [0.4, 0.5) is 0 Å². The Labute approximate surface area is 320 Å². The predicted octanol–water partition coefficient (Wildman–Crippen LogP) is 7.24. The van der Waals surface area contributed by atoms with E-state index in [1.54, 1.807) is 0 Å². The van der Waals surface area contributed by atoms with Crippen molar-refractivity contribution in [1.82, 2.24) is 0 Å². The fourth-order valence-electron chi connectivity index (χ4n) is 11.6. The molecule has 0 bridgehead atoms. The second-order valence-corrected chi connectivity index (χ2v) is 17.4. The molecule has 9 nitrogen and oxygen atoms in total. The molecule has 2 aromatic rings. The molecular weight excluding hydrogens is 684 g/mol. The number of methoxy groups -OCH3 is 1. The maximum Gasteiger partial charge on any atom is 0.309 e. The highest BCUT2D eigenvalue weighted by atomic mass is 16.5. The van der Waals surface area contributed by atoms with Gasteiger partial charge in [0, 0.05) is 23.7 Å². The van der Waals surface area contributed by atoms with Crippen LogP contribution in [0.5, 0.6) is 0 Å². The lowest BCUT2D eigenvalue weighted by Crippen LogP contribution is -2.64. The minimum atomic E-state index is -0.799. The smallest absolute Gasteiger partial charge is 0.309 e. The van der Waals surface area contributed by atoms with Crippen molar-refractivity contribution in [2.24, 2.45) is 58.2 Å². The van der Waals surface area contributed by atoms with Gasteiger partial charge in [-0.25, -0.2) is 0 Å². The molecule has 4 unspecified atom stereocenters. The zero-order valence-corrected chi connectivity index (χ0v) is 32.5. The van der Waals surface area contributed by atoms with Crippen molar-refractivity contribution in [2.45, 2.75) is 117 Å². The van der Waals surface area contributed by atoms with Crippen LogP contribution in [0.2, 0.25) is 0 Å². The number of carbonyl (C=O) groups excluding carboxylic acids is 4. The van der Waals surface area contributed by atoms with E-state index in [-0.39, 0.29) is 78.7 Å². The predicted molar refractivity (Wildman–Crippen MR) is 202 cm³/mol. The van der Waals surface area contributed by atoms with Gasteiger partial charge in [0.15, 0.2) is 0 Å². The number of Topliss-reactive ketones (excluding diaryl/α,β-unsaturated/α-hetero) is 1. The van der Waals surface area contributed by atoms with Crippen molar-refractivity contribution < 1.29 is 43.6 Å². The zero-order valence-electron chi connectivity index (χ0n) is 32.5. The van der Waals surface area contributed by atoms with Crippen molar-refractivity contribution >= 4 is 23.7 Å². The number of aliphatic hydroxyl groups is 2. The van der Waals surface area contributed by atoms with E-state index < -0.39 is 41.4 Å². The van der Waals surface area contributed by atoms with Gasteiger partial charge in [-0.1, -0.05) is 81.4 Å². The molecule has 12 atom stereocenters. The molecular formula is C45H60O9. The molecule has 294 valence electrons. The Morgan fingerprint density at radius 2 is 1.46 bits per heavy atom. The third-order valence-corrected chi connectivity index (χ3v) is 14.6. The van der Waals surface area contributed by atoms with Crippen LogP contribution >= 0.6 is 0 Å². The zero-order chi connectivity index (χ0) is 38.6. The molecule has 0 amide bonds. The summed E-state index contributed by atoms with van der Waals surface area (Å²) in [6.45, 7) is 6.78. The van der Waals surface area contributed by atoms with E-state index >= 15 is 4.79 Å². The monoisotopic (exact) mass is 744 g/mol. The van der Waals surface area contributed by atoms with Crippen LogP contribution in [0.25, 0.3) is 0 Å². The Balaban J connectivity index is 1.23. The number of rotatable bonds is 14. The van der Waals surface area contributed by atoms with Gasteiger partial charge < -0.3 is 24.4 Å². The number of carbonyl (C=O) groups is 4. The van der Waals surface area contributed by atoms with Gasteiger partial charge in [-0.05, 0) is 104 Å². The summed E-state index contributed by atoms with van der Waals surface area (Å²) in [5.74, 6) is -2.24. The molecule has 0 aliphatic heterocycles. The largest absolute Gasteiger partial charge is 0.469 e. The Hall–Kier alpha value is -3.56. The second-order valence-electron chi connectivity index (χ2n) is 17.4. The fourth-order valence-corrected chi connectivity index (χ4v) is 11.6. The third kappa shape index (κ3) is 8.18. The molecule has 0 heterocycles. The second kappa shape index (κ2) is 17.1. The van der Waals surface area contributed by atoms with Crippen molar-refractivity contribution in [3.63, 3.8) is 0 Å². The highest BCUT2D eigenvalue weighted by Gasteiger charge is 2.67. The molecule has 4 aliphatic rings. The molecule has 4 aliphatic carbocycles. The van der Waals surface area contributed by atoms with Crippen LogP contribution in [0.15, 0.2) is 60.7 Å². The van der Waals surface area contributed by atoms with Gasteiger partial charge in [0.1, 0.15) is 19.0 Å². The van der Waals surface area contributed by atoms with Gasteiger partial charge in [-0.2, -0.15) is 0 Å². The van der Waals surface area contributed by atoms with Gasteiger partial charge in [-0.15, -0.1) is 0 Å². The van der Waals surface area contributed by atoms with Gasteiger partial charge in [-0.3, -0.25) is 19.2 Å². The summed E-state index contributed by atoms with van der Waals surface area (Å²) in [6.07, 6.45) is 4.64. The average Bonchev–Trinajstić information content (AvgIpc) is 3.54. The summed E-state index contributed by atoms with van der Waals surface area (Å²) in [5.41, 5.74) is 0.953. The summed E-state index contributed by atoms with van der Waals surface area (Å²) in [4.78, 5) is 54.1. The summed E-state index contributed by atoms with van der Waals surface area (Å²) in [7, 11) is 1.40. The Morgan fingerprint density at radius 1 is 0.815 bits per heavy atom. The topological polar surface area (TPSA) is 136 Å². The van der Waals surface area contributed by atoms with E-state index in [1.165, 1.54) is 7.11 Å². The molecule has 2 N–H and O–H groups in total. The van der Waals surface area contributed by atoms with Gasteiger partial charge in [0.2, 0.25) is 0 Å². The summed E-state index contributed by atoms with van der Waals surface area (Å²) in [6, 6.07) is 18.8. The summed E-state index contributed by atoms with van der Waals surface area (Å²) >= 11 is 0. The summed E-state index contributed by atoms with van der Waals surface area (Å²) < 4.78 is 16.3. The fraction of sp³-hybridized carbons (Fsp3) is 0.644. The van der Waals surface area contributed by atoms with Crippen LogP contribution in [-0.2, 0) is 46.6 Å². The van der Waals surface area contributed by atoms with Gasteiger partial charge in [0.05, 0.1) is 31.7 Å². The molecule has 0 spiro atoms. The van der Waals surface area contributed by atoms with E-state index in [0.29, 0.717) is 38.5 Å². The quantitative estimate of drug-likeness (QED) is 0.152. The summed E-state index contributed by atoms with van der Waals surface area (Å²) in [5, 5.41) is 23.0. The third-order valence-electron chi connectivity index (χ3n) is 14.6. The molecule has 2 aromatic carbocycles. The number of ketones is 1. The normalized spacial score (nSPS) is 34.1. The van der Waals surface area contributed by atoms with Crippen LogP contribution in [-0.4, -0.2) is 53.2 Å². The lowest BCUT2D eigenvalue weighted by atomic mass is 9.41. The number of aliphatic hydroxyl groups excluding tert-OH is 2. The van der Waals surface area contributed by atoms with Crippen LogP contribution < -0.4 is 0 Å². The van der Waals surface area contributed by atoms with Crippen LogP contribution in [0.3, 0.4) is 0 Å². The SMILES string of the molecule is COC(=O)CC[C@@H](C)[C@H]1CCC2C3C(=O)[C@H](CCC(CC(=O)OCc4ccccc4)C(=O)OCc4ccccc4)[C@@H]4C[C@H](O)CC[C@]4(C)C3C[C@H](O)[C@@]21C. The molecule has 4 fully saturated rings. The molecule has 9 heteroatoms. The Kier molecular flexibility index (Phi) is 12.7. The number of esters is 3. The van der Waals surface area contributed by atoms with Crippen molar-refractivity contribution in [3.8, 4) is 0 Å². The minimum absolute atomic E-state index is 0.00366. The first-order valence-electron chi connectivity index (χ1n) is 20.2. The number of hydrogen-bond acceptors (Lipinski definition) is 9. The molecule has 0 radical (unpaired) electrons. The Bertz CT molecular complexity index is 1610. The van der Waals surface area contributed by atoms with E-state index in [0.717, 1.165) is 30.4 Å². The van der Waals surface area contributed by atoms with Crippen molar-refractivity contribution in [3.05, 3.63) is 71.8 Å². The van der Waals surface area contributed by atoms with E-state index in [9.17, 15) is 24.6 Å². The number of hydrogen-bond donors (Lipinski definition) is 2. The highest BCUT2D eigenvalue weighted by molar-refractivity contribution is 5.86. The molecule has 6 rings (SSSR count). The average molecular weight is 745 g/mol. The lowest BCUT2D eigenvalue weighted by molar-refractivity contribution is -0.193. The molecule has 0 saturated heterocycles. The Morgan fingerprint density at radius 3 is 2.11 bits per heavy atom. The van der Waals surface area contributed by atoms with Crippen molar-refractivity contribution in [2.75, 3.05) is 7.11 Å². The molecule has 54 heavy (non-hydrogen) atoms. The number of ether oxygens (including phenoxy) is 3. The molecule has 4 saturated carbocycles. The maximum absolute atomic E-state index is 15.1.